The Morgan fingerprint density at radius 3 is 2.75 bits per heavy atom. The quantitative estimate of drug-likeness (QED) is 0.838. The SMILES string of the molecule is CCOC(=O)N1CCC(NC(=O)Cc2csc(CN(C)C)n2)CC1. The van der Waals surface area contributed by atoms with E-state index in [2.05, 4.69) is 15.2 Å². The van der Waals surface area contributed by atoms with E-state index < -0.39 is 0 Å². The van der Waals surface area contributed by atoms with Gasteiger partial charge >= 0.3 is 6.09 Å². The summed E-state index contributed by atoms with van der Waals surface area (Å²) in [7, 11) is 3.99. The lowest BCUT2D eigenvalue weighted by atomic mass is 10.1. The summed E-state index contributed by atoms with van der Waals surface area (Å²) in [5.74, 6) is -0.00807. The zero-order valence-corrected chi connectivity index (χ0v) is 15.4. The Morgan fingerprint density at radius 1 is 1.42 bits per heavy atom. The molecule has 1 fully saturated rings. The lowest BCUT2D eigenvalue weighted by molar-refractivity contribution is -0.121. The molecular weight excluding hydrogens is 328 g/mol. The number of thiazole rings is 1. The first-order valence-electron chi connectivity index (χ1n) is 8.27. The minimum absolute atomic E-state index is 0.00807. The van der Waals surface area contributed by atoms with Crippen molar-refractivity contribution in [2.45, 2.75) is 38.8 Å². The molecule has 2 rings (SSSR count). The van der Waals surface area contributed by atoms with E-state index in [0.29, 0.717) is 26.1 Å². The number of rotatable bonds is 6. The summed E-state index contributed by atoms with van der Waals surface area (Å²) in [6, 6.07) is 0.114. The number of likely N-dealkylation sites (tertiary alicyclic amines) is 1. The van der Waals surface area contributed by atoms with Crippen LogP contribution in [0.1, 0.15) is 30.5 Å². The highest BCUT2D eigenvalue weighted by molar-refractivity contribution is 7.09. The molecule has 0 atom stereocenters. The highest BCUT2D eigenvalue weighted by Gasteiger charge is 2.24. The lowest BCUT2D eigenvalue weighted by Crippen LogP contribution is -2.47. The molecule has 0 unspecified atom stereocenters. The average Bonchev–Trinajstić information content (AvgIpc) is 2.94. The summed E-state index contributed by atoms with van der Waals surface area (Å²) in [6.45, 7) is 4.21. The Hall–Kier alpha value is -1.67. The van der Waals surface area contributed by atoms with Crippen LogP contribution in [0.2, 0.25) is 0 Å². The number of nitrogens with one attached hydrogen (secondary N) is 1. The van der Waals surface area contributed by atoms with Gasteiger partial charge in [-0.3, -0.25) is 4.79 Å². The largest absolute Gasteiger partial charge is 0.450 e. The molecule has 1 aliphatic rings. The predicted molar refractivity (Wildman–Crippen MR) is 93.0 cm³/mol. The Balaban J connectivity index is 1.73. The summed E-state index contributed by atoms with van der Waals surface area (Å²) < 4.78 is 5.00. The van der Waals surface area contributed by atoms with E-state index in [1.807, 2.05) is 19.5 Å². The van der Waals surface area contributed by atoms with Crippen LogP contribution in [-0.2, 0) is 22.5 Å². The van der Waals surface area contributed by atoms with Gasteiger partial charge in [0, 0.05) is 31.1 Å². The maximum atomic E-state index is 12.2. The van der Waals surface area contributed by atoms with Gasteiger partial charge in [0.15, 0.2) is 0 Å². The molecule has 1 aromatic heterocycles. The van der Waals surface area contributed by atoms with Gasteiger partial charge in [-0.15, -0.1) is 11.3 Å². The molecule has 8 heteroatoms. The van der Waals surface area contributed by atoms with Crippen molar-refractivity contribution < 1.29 is 14.3 Å². The van der Waals surface area contributed by atoms with Gasteiger partial charge in [0.1, 0.15) is 5.01 Å². The molecule has 134 valence electrons. The van der Waals surface area contributed by atoms with Crippen LogP contribution in [0.5, 0.6) is 0 Å². The third-order valence-electron chi connectivity index (χ3n) is 3.78. The number of ether oxygens (including phenoxy) is 1. The van der Waals surface area contributed by atoms with Crippen LogP contribution in [0, 0.1) is 0 Å². The number of aromatic nitrogens is 1. The van der Waals surface area contributed by atoms with E-state index in [9.17, 15) is 9.59 Å². The molecule has 1 aliphatic heterocycles. The number of hydrogen-bond acceptors (Lipinski definition) is 6. The van der Waals surface area contributed by atoms with E-state index in [0.717, 1.165) is 30.1 Å². The predicted octanol–water partition coefficient (Wildman–Crippen LogP) is 1.48. The normalized spacial score (nSPS) is 15.6. The third-order valence-corrected chi connectivity index (χ3v) is 4.66. The van der Waals surface area contributed by atoms with Gasteiger partial charge in [0.05, 0.1) is 18.7 Å². The second-order valence-electron chi connectivity index (χ2n) is 6.17. The minimum atomic E-state index is -0.266. The van der Waals surface area contributed by atoms with Crippen molar-refractivity contribution in [2.24, 2.45) is 0 Å². The first kappa shape index (κ1) is 18.7. The highest BCUT2D eigenvalue weighted by Crippen LogP contribution is 2.14. The molecule has 2 amide bonds. The third kappa shape index (κ3) is 5.76. The van der Waals surface area contributed by atoms with Gasteiger partial charge in [-0.1, -0.05) is 0 Å². The van der Waals surface area contributed by atoms with Crippen molar-refractivity contribution in [3.8, 4) is 0 Å². The van der Waals surface area contributed by atoms with Crippen molar-refractivity contribution in [2.75, 3.05) is 33.8 Å². The first-order chi connectivity index (χ1) is 11.5. The van der Waals surface area contributed by atoms with E-state index in [1.54, 1.807) is 23.2 Å². The van der Waals surface area contributed by atoms with Gasteiger partial charge in [0.2, 0.25) is 5.91 Å². The monoisotopic (exact) mass is 354 g/mol. The number of carbonyl (C=O) groups is 2. The van der Waals surface area contributed by atoms with Crippen LogP contribution < -0.4 is 5.32 Å². The zero-order valence-electron chi connectivity index (χ0n) is 14.6. The Labute approximate surface area is 147 Å². The van der Waals surface area contributed by atoms with Crippen LogP contribution in [0.25, 0.3) is 0 Å². The number of amides is 2. The number of carbonyl (C=O) groups excluding carboxylic acids is 2. The van der Waals surface area contributed by atoms with Crippen molar-refractivity contribution in [1.82, 2.24) is 20.1 Å². The molecule has 2 heterocycles. The minimum Gasteiger partial charge on any atom is -0.450 e. The van der Waals surface area contributed by atoms with Crippen molar-refractivity contribution in [1.29, 1.82) is 0 Å². The molecule has 0 spiro atoms. The Bertz CT molecular complexity index is 553. The van der Waals surface area contributed by atoms with Crippen molar-refractivity contribution in [3.63, 3.8) is 0 Å². The molecule has 0 aliphatic carbocycles. The molecule has 7 nitrogen and oxygen atoms in total. The lowest BCUT2D eigenvalue weighted by Gasteiger charge is -2.31. The van der Waals surface area contributed by atoms with Crippen LogP contribution in [-0.4, -0.2) is 66.6 Å². The van der Waals surface area contributed by atoms with Gasteiger partial charge in [-0.2, -0.15) is 0 Å². The molecule has 1 aromatic rings. The molecule has 1 N–H and O–H groups in total. The topological polar surface area (TPSA) is 74.8 Å². The second kappa shape index (κ2) is 8.98. The number of hydrogen-bond donors (Lipinski definition) is 1. The first-order valence-corrected chi connectivity index (χ1v) is 9.15. The number of piperidine rings is 1. The Kier molecular flexibility index (Phi) is 6.99. The van der Waals surface area contributed by atoms with Gasteiger partial charge < -0.3 is 19.9 Å². The molecule has 0 saturated carbocycles. The molecule has 0 aromatic carbocycles. The van der Waals surface area contributed by atoms with Gasteiger partial charge in [0.25, 0.3) is 0 Å². The van der Waals surface area contributed by atoms with Crippen LogP contribution >= 0.6 is 11.3 Å². The standard InChI is InChI=1S/C16H26N4O3S/c1-4-23-16(22)20-7-5-12(6-8-20)17-14(21)9-13-11-24-15(18-13)10-19(2)3/h11-12H,4-10H2,1-3H3,(H,17,21). The fourth-order valence-corrected chi connectivity index (χ4v) is 3.55. The molecular formula is C16H26N4O3S. The molecule has 0 radical (unpaired) electrons. The fourth-order valence-electron chi connectivity index (χ4n) is 2.64. The van der Waals surface area contributed by atoms with Gasteiger partial charge in [-0.05, 0) is 33.9 Å². The van der Waals surface area contributed by atoms with Crippen LogP contribution in [0.4, 0.5) is 4.79 Å². The van der Waals surface area contributed by atoms with E-state index in [1.165, 1.54) is 0 Å². The highest BCUT2D eigenvalue weighted by atomic mass is 32.1. The maximum Gasteiger partial charge on any atom is 0.409 e. The summed E-state index contributed by atoms with van der Waals surface area (Å²) >= 11 is 1.58. The van der Waals surface area contributed by atoms with Crippen molar-refractivity contribution >= 4 is 23.3 Å². The van der Waals surface area contributed by atoms with Crippen LogP contribution in [0.3, 0.4) is 0 Å². The Morgan fingerprint density at radius 2 is 2.12 bits per heavy atom. The van der Waals surface area contributed by atoms with E-state index >= 15 is 0 Å². The summed E-state index contributed by atoms with van der Waals surface area (Å²) in [5, 5.41) is 6.01. The zero-order chi connectivity index (χ0) is 17.5. The van der Waals surface area contributed by atoms with Crippen LogP contribution in [0.15, 0.2) is 5.38 Å². The van der Waals surface area contributed by atoms with Gasteiger partial charge in [-0.25, -0.2) is 9.78 Å². The summed E-state index contributed by atoms with van der Waals surface area (Å²) in [4.78, 5) is 32.1. The molecule has 0 bridgehead atoms. The fraction of sp³-hybridized carbons (Fsp3) is 0.688. The maximum absolute atomic E-state index is 12.2. The average molecular weight is 354 g/mol. The smallest absolute Gasteiger partial charge is 0.409 e. The molecule has 1 saturated heterocycles. The van der Waals surface area contributed by atoms with E-state index in [-0.39, 0.29) is 18.0 Å². The molecule has 24 heavy (non-hydrogen) atoms. The second-order valence-corrected chi connectivity index (χ2v) is 7.12. The summed E-state index contributed by atoms with van der Waals surface area (Å²) in [6.07, 6.45) is 1.56. The van der Waals surface area contributed by atoms with Crippen molar-refractivity contribution in [3.05, 3.63) is 16.1 Å². The van der Waals surface area contributed by atoms with E-state index in [4.69, 9.17) is 4.74 Å². The number of nitrogens with zero attached hydrogens (tertiary/aromatic N) is 3. The summed E-state index contributed by atoms with van der Waals surface area (Å²) in [5.41, 5.74) is 0.818.